The molecule has 0 aliphatic carbocycles. The van der Waals surface area contributed by atoms with Crippen LogP contribution in [-0.4, -0.2) is 63.2 Å². The molecule has 0 bridgehead atoms. The summed E-state index contributed by atoms with van der Waals surface area (Å²) >= 11 is 0. The third-order valence-electron chi connectivity index (χ3n) is 6.42. The van der Waals surface area contributed by atoms with Crippen LogP contribution in [0.4, 0.5) is 17.1 Å². The summed E-state index contributed by atoms with van der Waals surface area (Å²) in [5, 5.41) is 9.18. The molecular weight excluding hydrogens is 494 g/mol. The summed E-state index contributed by atoms with van der Waals surface area (Å²) in [6.45, 7) is 4.69. The number of morpholine rings is 1. The SMILES string of the molecule is COc1ccc(NC(=O)C(NCCN2CCOCC2)c2ccc(/C=C/C(=O)Nc3ccccc3N)cc2)cc1. The number of carbonyl (C=O) groups is 2. The largest absolute Gasteiger partial charge is 0.497 e. The van der Waals surface area contributed by atoms with Gasteiger partial charge in [0.15, 0.2) is 0 Å². The smallest absolute Gasteiger partial charge is 0.248 e. The zero-order valence-electron chi connectivity index (χ0n) is 22.1. The van der Waals surface area contributed by atoms with Crippen molar-refractivity contribution in [2.75, 3.05) is 62.9 Å². The van der Waals surface area contributed by atoms with E-state index < -0.39 is 6.04 Å². The van der Waals surface area contributed by atoms with Gasteiger partial charge in [0.05, 0.1) is 31.7 Å². The number of para-hydroxylation sites is 2. The maximum absolute atomic E-state index is 13.3. The normalized spacial score (nSPS) is 14.6. The van der Waals surface area contributed by atoms with Gasteiger partial charge in [-0.05, 0) is 53.6 Å². The maximum Gasteiger partial charge on any atom is 0.248 e. The van der Waals surface area contributed by atoms with Crippen molar-refractivity contribution >= 4 is 35.0 Å². The molecule has 2 amide bonds. The van der Waals surface area contributed by atoms with E-state index in [0.717, 1.165) is 49.7 Å². The maximum atomic E-state index is 13.3. The summed E-state index contributed by atoms with van der Waals surface area (Å²) in [7, 11) is 1.60. The molecular formula is C30H35N5O4. The number of rotatable bonds is 11. The van der Waals surface area contributed by atoms with Gasteiger partial charge in [-0.2, -0.15) is 0 Å². The van der Waals surface area contributed by atoms with Gasteiger partial charge in [-0.25, -0.2) is 0 Å². The van der Waals surface area contributed by atoms with Crippen molar-refractivity contribution in [2.45, 2.75) is 6.04 Å². The number of benzene rings is 3. The summed E-state index contributed by atoms with van der Waals surface area (Å²) in [5.41, 5.74) is 9.30. The van der Waals surface area contributed by atoms with Gasteiger partial charge in [0.25, 0.3) is 0 Å². The third-order valence-corrected chi connectivity index (χ3v) is 6.42. The first-order valence-corrected chi connectivity index (χ1v) is 12.9. The minimum absolute atomic E-state index is 0.162. The Hall–Kier alpha value is -4.18. The minimum Gasteiger partial charge on any atom is -0.497 e. The molecule has 1 heterocycles. The molecule has 1 aliphatic rings. The number of ether oxygens (including phenoxy) is 2. The van der Waals surface area contributed by atoms with Gasteiger partial charge in [-0.15, -0.1) is 0 Å². The molecule has 9 heteroatoms. The number of hydrogen-bond donors (Lipinski definition) is 4. The fourth-order valence-corrected chi connectivity index (χ4v) is 4.20. The second-order valence-corrected chi connectivity index (χ2v) is 9.14. The Morgan fingerprint density at radius 3 is 2.41 bits per heavy atom. The lowest BCUT2D eigenvalue weighted by molar-refractivity contribution is -0.118. The molecule has 1 aliphatic heterocycles. The van der Waals surface area contributed by atoms with E-state index >= 15 is 0 Å². The highest BCUT2D eigenvalue weighted by molar-refractivity contribution is 6.03. The molecule has 0 saturated carbocycles. The van der Waals surface area contributed by atoms with Gasteiger partial charge in [-0.1, -0.05) is 36.4 Å². The predicted molar refractivity (Wildman–Crippen MR) is 155 cm³/mol. The molecule has 3 aromatic rings. The van der Waals surface area contributed by atoms with Gasteiger partial charge in [0.1, 0.15) is 11.8 Å². The number of carbonyl (C=O) groups excluding carboxylic acids is 2. The molecule has 1 fully saturated rings. The van der Waals surface area contributed by atoms with Gasteiger partial charge in [0.2, 0.25) is 11.8 Å². The van der Waals surface area contributed by atoms with Crippen molar-refractivity contribution in [3.05, 3.63) is 90.0 Å². The Morgan fingerprint density at radius 1 is 1.00 bits per heavy atom. The Balaban J connectivity index is 1.41. The Morgan fingerprint density at radius 2 is 1.72 bits per heavy atom. The molecule has 1 atom stereocenters. The van der Waals surface area contributed by atoms with E-state index in [1.54, 1.807) is 37.5 Å². The molecule has 0 aromatic heterocycles. The standard InChI is InChI=1S/C30H35N5O4/c1-38-25-13-11-24(12-14-25)33-30(37)29(32-16-17-35-18-20-39-21-19-35)23-9-6-22(7-10-23)8-15-28(36)34-27-5-3-2-4-26(27)31/h2-15,29,32H,16-21,31H2,1H3,(H,33,37)(H,34,36)/b15-8+. The predicted octanol–water partition coefficient (Wildman–Crippen LogP) is 3.53. The van der Waals surface area contributed by atoms with E-state index in [1.807, 2.05) is 48.5 Å². The van der Waals surface area contributed by atoms with Crippen molar-refractivity contribution in [3.8, 4) is 5.75 Å². The highest BCUT2D eigenvalue weighted by Crippen LogP contribution is 2.20. The Bertz CT molecular complexity index is 1260. The van der Waals surface area contributed by atoms with E-state index in [0.29, 0.717) is 23.6 Å². The van der Waals surface area contributed by atoms with Gasteiger partial charge < -0.3 is 31.2 Å². The average Bonchev–Trinajstić information content (AvgIpc) is 2.97. The second-order valence-electron chi connectivity index (χ2n) is 9.14. The minimum atomic E-state index is -0.560. The highest BCUT2D eigenvalue weighted by atomic mass is 16.5. The molecule has 4 rings (SSSR count). The van der Waals surface area contributed by atoms with Gasteiger partial charge in [0, 0.05) is 37.9 Å². The molecule has 0 spiro atoms. The van der Waals surface area contributed by atoms with E-state index in [-0.39, 0.29) is 11.8 Å². The molecule has 204 valence electrons. The zero-order chi connectivity index (χ0) is 27.5. The number of amides is 2. The van der Waals surface area contributed by atoms with Gasteiger partial charge >= 0.3 is 0 Å². The molecule has 1 unspecified atom stereocenters. The van der Waals surface area contributed by atoms with Crippen LogP contribution in [0.2, 0.25) is 0 Å². The molecule has 5 N–H and O–H groups in total. The number of nitrogens with two attached hydrogens (primary N) is 1. The van der Waals surface area contributed by atoms with Crippen LogP contribution in [0.1, 0.15) is 17.2 Å². The summed E-state index contributed by atoms with van der Waals surface area (Å²) < 4.78 is 10.6. The number of anilines is 3. The van der Waals surface area contributed by atoms with Crippen LogP contribution in [0.3, 0.4) is 0 Å². The van der Waals surface area contributed by atoms with Crippen LogP contribution >= 0.6 is 0 Å². The molecule has 9 nitrogen and oxygen atoms in total. The van der Waals surface area contributed by atoms with Crippen molar-refractivity contribution in [2.24, 2.45) is 0 Å². The van der Waals surface area contributed by atoms with Gasteiger partial charge in [-0.3, -0.25) is 14.5 Å². The zero-order valence-corrected chi connectivity index (χ0v) is 22.1. The first-order chi connectivity index (χ1) is 19.0. The lowest BCUT2D eigenvalue weighted by Crippen LogP contribution is -2.42. The van der Waals surface area contributed by atoms with Crippen LogP contribution in [0.5, 0.6) is 5.75 Å². The van der Waals surface area contributed by atoms with Crippen molar-refractivity contribution in [1.82, 2.24) is 10.2 Å². The van der Waals surface area contributed by atoms with Crippen LogP contribution in [0.25, 0.3) is 6.08 Å². The fraction of sp³-hybridized carbons (Fsp3) is 0.267. The average molecular weight is 530 g/mol. The molecule has 3 aromatic carbocycles. The molecule has 1 saturated heterocycles. The fourth-order valence-electron chi connectivity index (χ4n) is 4.20. The monoisotopic (exact) mass is 529 g/mol. The Kier molecular flexibility index (Phi) is 10.1. The lowest BCUT2D eigenvalue weighted by Gasteiger charge is -2.27. The Labute approximate surface area is 229 Å². The van der Waals surface area contributed by atoms with E-state index in [2.05, 4.69) is 20.9 Å². The molecule has 0 radical (unpaired) electrons. The number of methoxy groups -OCH3 is 1. The number of hydrogen-bond acceptors (Lipinski definition) is 7. The van der Waals surface area contributed by atoms with Crippen LogP contribution < -0.4 is 26.4 Å². The first kappa shape index (κ1) is 27.8. The van der Waals surface area contributed by atoms with Crippen molar-refractivity contribution < 1.29 is 19.1 Å². The second kappa shape index (κ2) is 14.1. The first-order valence-electron chi connectivity index (χ1n) is 12.9. The van der Waals surface area contributed by atoms with E-state index in [9.17, 15) is 9.59 Å². The van der Waals surface area contributed by atoms with Crippen LogP contribution in [0.15, 0.2) is 78.9 Å². The number of nitrogens with zero attached hydrogens (tertiary/aromatic N) is 1. The quantitative estimate of drug-likeness (QED) is 0.222. The van der Waals surface area contributed by atoms with Crippen LogP contribution in [0, 0.1) is 0 Å². The van der Waals surface area contributed by atoms with E-state index in [1.165, 1.54) is 6.08 Å². The highest BCUT2D eigenvalue weighted by Gasteiger charge is 2.21. The van der Waals surface area contributed by atoms with Crippen molar-refractivity contribution in [3.63, 3.8) is 0 Å². The number of nitrogens with one attached hydrogen (secondary N) is 3. The lowest BCUT2D eigenvalue weighted by atomic mass is 10.0. The summed E-state index contributed by atoms with van der Waals surface area (Å²) in [4.78, 5) is 28.0. The topological polar surface area (TPSA) is 118 Å². The number of nitrogen functional groups attached to an aromatic ring is 1. The van der Waals surface area contributed by atoms with Crippen LogP contribution in [-0.2, 0) is 14.3 Å². The summed E-state index contributed by atoms with van der Waals surface area (Å²) in [5.74, 6) is 0.279. The molecule has 39 heavy (non-hydrogen) atoms. The van der Waals surface area contributed by atoms with E-state index in [4.69, 9.17) is 15.2 Å². The van der Waals surface area contributed by atoms with Crippen molar-refractivity contribution in [1.29, 1.82) is 0 Å². The third kappa shape index (κ3) is 8.41. The summed E-state index contributed by atoms with van der Waals surface area (Å²) in [6.07, 6.45) is 3.17. The summed E-state index contributed by atoms with van der Waals surface area (Å²) in [6, 6.07) is 21.3.